The molecular formula is C46H30N2O. The Hall–Kier alpha value is -6.58. The molecule has 0 radical (unpaired) electrons. The summed E-state index contributed by atoms with van der Waals surface area (Å²) in [6.45, 7) is 0. The second-order valence-corrected chi connectivity index (χ2v) is 12.6. The first-order valence-electron chi connectivity index (χ1n) is 16.7. The van der Waals surface area contributed by atoms with Gasteiger partial charge in [0.1, 0.15) is 11.1 Å². The lowest BCUT2D eigenvalue weighted by atomic mass is 10.00. The minimum atomic E-state index is 0.893. The van der Waals surface area contributed by atoms with E-state index in [4.69, 9.17) is 4.42 Å². The topological polar surface area (TPSA) is 21.3 Å². The van der Waals surface area contributed by atoms with Crippen molar-refractivity contribution in [3.8, 4) is 16.8 Å². The molecule has 0 saturated carbocycles. The van der Waals surface area contributed by atoms with Crippen LogP contribution in [0.15, 0.2) is 186 Å². The van der Waals surface area contributed by atoms with E-state index in [2.05, 4.69) is 191 Å². The zero-order chi connectivity index (χ0) is 32.3. The molecule has 0 bridgehead atoms. The molecule has 0 fully saturated rings. The van der Waals surface area contributed by atoms with Crippen molar-refractivity contribution in [1.29, 1.82) is 0 Å². The molecule has 0 aliphatic rings. The first-order chi connectivity index (χ1) is 24.3. The zero-order valence-electron chi connectivity index (χ0n) is 26.6. The Morgan fingerprint density at radius 2 is 1.06 bits per heavy atom. The third-order valence-electron chi connectivity index (χ3n) is 9.73. The average Bonchev–Trinajstić information content (AvgIpc) is 3.71. The summed E-state index contributed by atoms with van der Waals surface area (Å²) >= 11 is 0. The van der Waals surface area contributed by atoms with E-state index in [1.165, 1.54) is 21.5 Å². The van der Waals surface area contributed by atoms with Crippen LogP contribution < -0.4 is 4.90 Å². The maximum Gasteiger partial charge on any atom is 0.161 e. The van der Waals surface area contributed by atoms with Gasteiger partial charge in [0.05, 0.1) is 5.52 Å². The summed E-state index contributed by atoms with van der Waals surface area (Å²) in [6, 6.07) is 64.8. The fourth-order valence-electron chi connectivity index (χ4n) is 7.54. The quantitative estimate of drug-likeness (QED) is 0.177. The lowest BCUT2D eigenvalue weighted by Gasteiger charge is -2.26. The molecule has 0 aliphatic heterocycles. The second-order valence-electron chi connectivity index (χ2n) is 12.6. The zero-order valence-corrected chi connectivity index (χ0v) is 26.6. The first-order valence-corrected chi connectivity index (χ1v) is 16.7. The van der Waals surface area contributed by atoms with Crippen LogP contribution in [0.4, 0.5) is 17.1 Å². The minimum Gasteiger partial charge on any atom is -0.453 e. The lowest BCUT2D eigenvalue weighted by molar-refractivity contribution is 0.674. The van der Waals surface area contributed by atoms with Crippen LogP contribution in [0, 0.1) is 0 Å². The van der Waals surface area contributed by atoms with Crippen LogP contribution in [-0.2, 0) is 0 Å². The van der Waals surface area contributed by atoms with E-state index in [0.29, 0.717) is 0 Å². The standard InChI is InChI=1S/C46H30N2O/c1-3-15-34(16-4-1)47(37-27-28-39-33(30-37)26-25-31-13-7-8-20-38(31)39)36-19-11-14-32(29-36)40-22-12-23-42-44-46(49-45(40)42)41-21-9-10-24-43(41)48(44)35-17-5-2-6-18-35/h1-30H. The Bertz CT molecular complexity index is 2830. The third-order valence-corrected chi connectivity index (χ3v) is 9.73. The molecule has 49 heavy (non-hydrogen) atoms. The highest BCUT2D eigenvalue weighted by molar-refractivity contribution is 6.18. The van der Waals surface area contributed by atoms with Crippen LogP contribution >= 0.6 is 0 Å². The summed E-state index contributed by atoms with van der Waals surface area (Å²) < 4.78 is 9.20. The number of fused-ring (bicyclic) bond motifs is 8. The van der Waals surface area contributed by atoms with Gasteiger partial charge in [-0.2, -0.15) is 0 Å². The van der Waals surface area contributed by atoms with Crippen molar-refractivity contribution in [3.63, 3.8) is 0 Å². The van der Waals surface area contributed by atoms with E-state index in [-0.39, 0.29) is 0 Å². The predicted molar refractivity (Wildman–Crippen MR) is 206 cm³/mol. The molecule has 230 valence electrons. The van der Waals surface area contributed by atoms with Crippen LogP contribution in [0.2, 0.25) is 0 Å². The summed E-state index contributed by atoms with van der Waals surface area (Å²) in [7, 11) is 0. The van der Waals surface area contributed by atoms with Crippen LogP contribution in [0.5, 0.6) is 0 Å². The van der Waals surface area contributed by atoms with Gasteiger partial charge in [0.25, 0.3) is 0 Å². The second kappa shape index (κ2) is 11.0. The highest BCUT2D eigenvalue weighted by atomic mass is 16.3. The SMILES string of the molecule is c1ccc(N(c2cccc(-c3cccc4c3oc3c5ccccc5n(-c5ccccc5)c43)c2)c2ccc3c(ccc4ccccc43)c2)cc1. The van der Waals surface area contributed by atoms with Gasteiger partial charge in [-0.15, -0.1) is 0 Å². The van der Waals surface area contributed by atoms with Crippen molar-refractivity contribution in [1.82, 2.24) is 4.57 Å². The molecule has 3 heteroatoms. The number of hydrogen-bond acceptors (Lipinski definition) is 2. The molecule has 0 aliphatic carbocycles. The summed E-state index contributed by atoms with van der Waals surface area (Å²) in [6.07, 6.45) is 0. The molecule has 2 aromatic heterocycles. The highest BCUT2D eigenvalue weighted by Gasteiger charge is 2.22. The molecule has 0 N–H and O–H groups in total. The molecule has 10 aromatic rings. The molecule has 0 unspecified atom stereocenters. The summed E-state index contributed by atoms with van der Waals surface area (Å²) in [5, 5.41) is 7.20. The van der Waals surface area contributed by atoms with E-state index < -0.39 is 0 Å². The molecular weight excluding hydrogens is 597 g/mol. The van der Waals surface area contributed by atoms with Gasteiger partial charge in [-0.05, 0) is 93.8 Å². The first kappa shape index (κ1) is 27.5. The van der Waals surface area contributed by atoms with Crippen molar-refractivity contribution < 1.29 is 4.42 Å². The Labute approximate surface area is 283 Å². The van der Waals surface area contributed by atoms with Crippen LogP contribution in [-0.4, -0.2) is 4.57 Å². The number of furan rings is 1. The van der Waals surface area contributed by atoms with E-state index in [0.717, 1.165) is 66.8 Å². The maximum atomic E-state index is 6.87. The summed E-state index contributed by atoms with van der Waals surface area (Å²) in [4.78, 5) is 2.34. The monoisotopic (exact) mass is 626 g/mol. The lowest BCUT2D eigenvalue weighted by Crippen LogP contribution is -2.09. The molecule has 3 nitrogen and oxygen atoms in total. The third kappa shape index (κ3) is 4.37. The summed E-state index contributed by atoms with van der Waals surface area (Å²) in [5.74, 6) is 0. The number of nitrogens with zero attached hydrogens (tertiary/aromatic N) is 2. The van der Waals surface area contributed by atoms with E-state index >= 15 is 0 Å². The van der Waals surface area contributed by atoms with Gasteiger partial charge >= 0.3 is 0 Å². The largest absolute Gasteiger partial charge is 0.453 e. The normalized spacial score (nSPS) is 11.7. The van der Waals surface area contributed by atoms with Crippen LogP contribution in [0.3, 0.4) is 0 Å². The van der Waals surface area contributed by atoms with Gasteiger partial charge in [0.2, 0.25) is 0 Å². The number of hydrogen-bond donors (Lipinski definition) is 0. The number of aromatic nitrogens is 1. The fraction of sp³-hybridized carbons (Fsp3) is 0. The highest BCUT2D eigenvalue weighted by Crippen LogP contribution is 2.44. The Morgan fingerprint density at radius 3 is 1.94 bits per heavy atom. The van der Waals surface area contributed by atoms with Crippen LogP contribution in [0.25, 0.3) is 71.3 Å². The predicted octanol–water partition coefficient (Wildman–Crippen LogP) is 13.0. The molecule has 2 heterocycles. The molecule has 0 saturated heterocycles. The van der Waals surface area contributed by atoms with Crippen molar-refractivity contribution in [2.75, 3.05) is 4.90 Å². The van der Waals surface area contributed by atoms with E-state index in [1.54, 1.807) is 0 Å². The molecule has 0 spiro atoms. The fourth-order valence-corrected chi connectivity index (χ4v) is 7.54. The van der Waals surface area contributed by atoms with Gasteiger partial charge in [-0.25, -0.2) is 0 Å². The molecule has 10 rings (SSSR count). The van der Waals surface area contributed by atoms with E-state index in [1.807, 2.05) is 0 Å². The van der Waals surface area contributed by atoms with Gasteiger partial charge in [-0.1, -0.05) is 115 Å². The Balaban J connectivity index is 1.16. The van der Waals surface area contributed by atoms with Crippen molar-refractivity contribution in [2.45, 2.75) is 0 Å². The Morgan fingerprint density at radius 1 is 0.408 bits per heavy atom. The summed E-state index contributed by atoms with van der Waals surface area (Å²) in [5.41, 5.74) is 10.6. The number of benzene rings is 8. The van der Waals surface area contributed by atoms with Gasteiger partial charge < -0.3 is 13.9 Å². The van der Waals surface area contributed by atoms with Gasteiger partial charge in [-0.3, -0.25) is 0 Å². The van der Waals surface area contributed by atoms with Gasteiger partial charge in [0, 0.05) is 39.1 Å². The molecule has 8 aromatic carbocycles. The Kier molecular flexibility index (Phi) is 6.18. The van der Waals surface area contributed by atoms with Crippen molar-refractivity contribution in [2.24, 2.45) is 0 Å². The number of anilines is 3. The molecule has 0 atom stereocenters. The average molecular weight is 627 g/mol. The van der Waals surface area contributed by atoms with Crippen molar-refractivity contribution >= 4 is 71.6 Å². The smallest absolute Gasteiger partial charge is 0.161 e. The number of rotatable bonds is 5. The minimum absolute atomic E-state index is 0.893. The van der Waals surface area contributed by atoms with Crippen LogP contribution in [0.1, 0.15) is 0 Å². The molecule has 0 amide bonds. The number of para-hydroxylation sites is 4. The van der Waals surface area contributed by atoms with E-state index in [9.17, 15) is 0 Å². The van der Waals surface area contributed by atoms with Crippen molar-refractivity contribution in [3.05, 3.63) is 182 Å². The van der Waals surface area contributed by atoms with Gasteiger partial charge in [0.15, 0.2) is 5.58 Å². The maximum absolute atomic E-state index is 6.87.